The highest BCUT2D eigenvalue weighted by atomic mass is 16.3. The Morgan fingerprint density at radius 2 is 0.851 bits per heavy atom. The standard InChI is InChI=1S/C43H83NO3/c1-3-5-7-9-11-13-15-17-18-19-20-21-22-23-24-25-27-29-31-33-35-37-39-43(47)44-41(40-45)42(46)38-36-34-32-30-28-26-16-14-12-10-8-6-4-2/h8,10,36,38,41-42,45-46H,3-7,9,11-35,37,39-40H2,1-2H3,(H,44,47)/b10-8-,38-36+/t41-,42+/m0/s1. The zero-order valence-corrected chi connectivity index (χ0v) is 31.8. The molecule has 0 aromatic rings. The molecule has 0 bridgehead atoms. The molecule has 2 atom stereocenters. The van der Waals surface area contributed by atoms with E-state index in [-0.39, 0.29) is 12.5 Å². The first-order chi connectivity index (χ1) is 23.2. The summed E-state index contributed by atoms with van der Waals surface area (Å²) >= 11 is 0. The minimum Gasteiger partial charge on any atom is -0.394 e. The van der Waals surface area contributed by atoms with Crippen LogP contribution in [0.25, 0.3) is 0 Å². The number of amides is 1. The van der Waals surface area contributed by atoms with Crippen LogP contribution >= 0.6 is 0 Å². The van der Waals surface area contributed by atoms with Crippen molar-refractivity contribution in [3.05, 3.63) is 24.3 Å². The van der Waals surface area contributed by atoms with Crippen LogP contribution < -0.4 is 5.32 Å². The van der Waals surface area contributed by atoms with Gasteiger partial charge in [0.25, 0.3) is 0 Å². The van der Waals surface area contributed by atoms with Crippen molar-refractivity contribution < 1.29 is 15.0 Å². The van der Waals surface area contributed by atoms with E-state index < -0.39 is 12.1 Å². The van der Waals surface area contributed by atoms with Gasteiger partial charge in [-0.1, -0.05) is 205 Å². The predicted octanol–water partition coefficient (Wildman–Crippen LogP) is 12.8. The number of allylic oxidation sites excluding steroid dienone is 3. The maximum Gasteiger partial charge on any atom is 0.220 e. The van der Waals surface area contributed by atoms with Crippen LogP contribution in [0.2, 0.25) is 0 Å². The molecule has 0 aliphatic carbocycles. The fourth-order valence-corrected chi connectivity index (χ4v) is 6.42. The van der Waals surface area contributed by atoms with Gasteiger partial charge < -0.3 is 15.5 Å². The second-order valence-corrected chi connectivity index (χ2v) is 14.4. The van der Waals surface area contributed by atoms with Crippen LogP contribution in [-0.2, 0) is 4.79 Å². The van der Waals surface area contributed by atoms with Gasteiger partial charge >= 0.3 is 0 Å². The molecule has 0 saturated heterocycles. The van der Waals surface area contributed by atoms with Crippen molar-refractivity contribution in [2.24, 2.45) is 0 Å². The zero-order chi connectivity index (χ0) is 34.3. The van der Waals surface area contributed by atoms with Crippen LogP contribution in [0, 0.1) is 0 Å². The molecule has 0 aliphatic heterocycles. The second kappa shape index (κ2) is 39.3. The number of aliphatic hydroxyl groups excluding tert-OH is 2. The van der Waals surface area contributed by atoms with Crippen molar-refractivity contribution in [1.82, 2.24) is 5.32 Å². The molecule has 3 N–H and O–H groups in total. The van der Waals surface area contributed by atoms with Gasteiger partial charge in [-0.05, 0) is 38.5 Å². The van der Waals surface area contributed by atoms with Crippen molar-refractivity contribution in [3.8, 4) is 0 Å². The molecule has 4 heteroatoms. The largest absolute Gasteiger partial charge is 0.394 e. The molecule has 0 saturated carbocycles. The Kier molecular flexibility index (Phi) is 38.4. The first-order valence-corrected chi connectivity index (χ1v) is 21.1. The Hall–Kier alpha value is -1.13. The predicted molar refractivity (Wildman–Crippen MR) is 207 cm³/mol. The molecule has 0 fully saturated rings. The Labute approximate surface area is 294 Å². The van der Waals surface area contributed by atoms with E-state index in [1.54, 1.807) is 6.08 Å². The highest BCUT2D eigenvalue weighted by Gasteiger charge is 2.17. The second-order valence-electron chi connectivity index (χ2n) is 14.4. The van der Waals surface area contributed by atoms with Crippen LogP contribution in [-0.4, -0.2) is 34.9 Å². The third-order valence-electron chi connectivity index (χ3n) is 9.66. The summed E-state index contributed by atoms with van der Waals surface area (Å²) < 4.78 is 0. The molecule has 278 valence electrons. The summed E-state index contributed by atoms with van der Waals surface area (Å²) in [5.74, 6) is -0.0643. The van der Waals surface area contributed by atoms with E-state index in [1.165, 1.54) is 180 Å². The van der Waals surface area contributed by atoms with Crippen LogP contribution in [0.15, 0.2) is 24.3 Å². The lowest BCUT2D eigenvalue weighted by molar-refractivity contribution is -0.123. The smallest absolute Gasteiger partial charge is 0.220 e. The molecule has 0 aliphatic rings. The molecule has 0 radical (unpaired) electrons. The molecule has 0 aromatic heterocycles. The Balaban J connectivity index is 3.51. The molecule has 0 rings (SSSR count). The van der Waals surface area contributed by atoms with Crippen LogP contribution in [0.1, 0.15) is 226 Å². The van der Waals surface area contributed by atoms with Crippen LogP contribution in [0.5, 0.6) is 0 Å². The highest BCUT2D eigenvalue weighted by molar-refractivity contribution is 5.76. The highest BCUT2D eigenvalue weighted by Crippen LogP contribution is 2.16. The summed E-state index contributed by atoms with van der Waals surface area (Å²) in [5, 5.41) is 22.9. The molecule has 4 nitrogen and oxygen atoms in total. The zero-order valence-electron chi connectivity index (χ0n) is 31.8. The average Bonchev–Trinajstić information content (AvgIpc) is 3.07. The summed E-state index contributed by atoms with van der Waals surface area (Å²) in [6.45, 7) is 4.26. The molecule has 0 spiro atoms. The fourth-order valence-electron chi connectivity index (χ4n) is 6.42. The van der Waals surface area contributed by atoms with Crippen LogP contribution in [0.3, 0.4) is 0 Å². The number of hydrogen-bond acceptors (Lipinski definition) is 3. The van der Waals surface area contributed by atoms with E-state index in [1.807, 2.05) is 6.08 Å². The maximum atomic E-state index is 12.4. The van der Waals surface area contributed by atoms with Crippen molar-refractivity contribution >= 4 is 5.91 Å². The minimum absolute atomic E-state index is 0.0643. The van der Waals surface area contributed by atoms with Crippen LogP contribution in [0.4, 0.5) is 0 Å². The van der Waals surface area contributed by atoms with Crippen molar-refractivity contribution in [3.63, 3.8) is 0 Å². The lowest BCUT2D eigenvalue weighted by atomic mass is 10.0. The minimum atomic E-state index is -0.839. The Morgan fingerprint density at radius 3 is 1.26 bits per heavy atom. The van der Waals surface area contributed by atoms with Gasteiger partial charge in [0, 0.05) is 6.42 Å². The van der Waals surface area contributed by atoms with Crippen molar-refractivity contribution in [2.45, 2.75) is 238 Å². The third-order valence-corrected chi connectivity index (χ3v) is 9.66. The lowest BCUT2D eigenvalue weighted by Gasteiger charge is -2.20. The van der Waals surface area contributed by atoms with Gasteiger partial charge in [-0.2, -0.15) is 0 Å². The van der Waals surface area contributed by atoms with E-state index >= 15 is 0 Å². The van der Waals surface area contributed by atoms with Gasteiger partial charge in [0.2, 0.25) is 5.91 Å². The number of rotatable bonds is 38. The summed E-state index contributed by atoms with van der Waals surface area (Å²) in [7, 11) is 0. The normalized spacial score (nSPS) is 13.2. The summed E-state index contributed by atoms with van der Waals surface area (Å²) in [5.41, 5.74) is 0. The number of carbonyl (C=O) groups excluding carboxylic acids is 1. The maximum absolute atomic E-state index is 12.4. The third kappa shape index (κ3) is 36.0. The molecule has 47 heavy (non-hydrogen) atoms. The first kappa shape index (κ1) is 45.9. The molecule has 1 amide bonds. The first-order valence-electron chi connectivity index (χ1n) is 21.1. The van der Waals surface area contributed by atoms with E-state index in [2.05, 4.69) is 31.3 Å². The molecular weight excluding hydrogens is 578 g/mol. The van der Waals surface area contributed by atoms with Gasteiger partial charge in [0.15, 0.2) is 0 Å². The fraction of sp³-hybridized carbons (Fsp3) is 0.884. The summed E-state index contributed by atoms with van der Waals surface area (Å²) in [4.78, 5) is 12.4. The molecule has 0 heterocycles. The van der Waals surface area contributed by atoms with Gasteiger partial charge in [-0.15, -0.1) is 0 Å². The molecular formula is C43H83NO3. The van der Waals surface area contributed by atoms with E-state index in [0.717, 1.165) is 25.7 Å². The molecule has 0 aromatic carbocycles. The van der Waals surface area contributed by atoms with Gasteiger partial charge in [-0.3, -0.25) is 4.79 Å². The van der Waals surface area contributed by atoms with E-state index in [0.29, 0.717) is 6.42 Å². The van der Waals surface area contributed by atoms with Gasteiger partial charge in [-0.25, -0.2) is 0 Å². The number of hydrogen-bond donors (Lipinski definition) is 3. The van der Waals surface area contributed by atoms with Crippen molar-refractivity contribution in [1.29, 1.82) is 0 Å². The lowest BCUT2D eigenvalue weighted by Crippen LogP contribution is -2.45. The Morgan fingerprint density at radius 1 is 0.489 bits per heavy atom. The van der Waals surface area contributed by atoms with E-state index in [9.17, 15) is 15.0 Å². The molecule has 0 unspecified atom stereocenters. The van der Waals surface area contributed by atoms with Gasteiger partial charge in [0.05, 0.1) is 18.8 Å². The average molecular weight is 662 g/mol. The number of unbranched alkanes of at least 4 members (excludes halogenated alkanes) is 29. The Bertz CT molecular complexity index is 676. The quantitative estimate of drug-likeness (QED) is 0.0455. The summed E-state index contributed by atoms with van der Waals surface area (Å²) in [6.07, 6.45) is 50.0. The van der Waals surface area contributed by atoms with E-state index in [4.69, 9.17) is 0 Å². The number of nitrogens with one attached hydrogen (secondary N) is 1. The van der Waals surface area contributed by atoms with Gasteiger partial charge in [0.1, 0.15) is 0 Å². The van der Waals surface area contributed by atoms with Crippen molar-refractivity contribution in [2.75, 3.05) is 6.61 Å². The SMILES string of the molecule is CCC/C=C\CCCCCCCC/C=C/[C@@H](O)[C@H](CO)NC(=O)CCCCCCCCCCCCCCCCCCCCCCCC. The summed E-state index contributed by atoms with van der Waals surface area (Å²) in [6, 6.07) is -0.621. The number of carbonyl (C=O) groups is 1. The number of aliphatic hydroxyl groups is 2. The monoisotopic (exact) mass is 662 g/mol. The topological polar surface area (TPSA) is 69.6 Å².